The predicted molar refractivity (Wildman–Crippen MR) is 71.9 cm³/mol. The topological polar surface area (TPSA) is 102 Å². The third kappa shape index (κ3) is 3.07. The number of benzene rings is 1. The Balaban J connectivity index is 2.17. The molecule has 0 bridgehead atoms. The summed E-state index contributed by atoms with van der Waals surface area (Å²) in [5.41, 5.74) is 0.773. The van der Waals surface area contributed by atoms with E-state index in [2.05, 4.69) is 10.3 Å². The van der Waals surface area contributed by atoms with Gasteiger partial charge in [0.05, 0.1) is 0 Å². The van der Waals surface area contributed by atoms with E-state index in [1.54, 1.807) is 30.3 Å². The third-order valence-electron chi connectivity index (χ3n) is 2.48. The zero-order valence-electron chi connectivity index (χ0n) is 9.95. The maximum Gasteiger partial charge on any atom is 0.368 e. The van der Waals surface area contributed by atoms with Crippen LogP contribution in [-0.2, 0) is 9.59 Å². The molecule has 2 amide bonds. The van der Waals surface area contributed by atoms with E-state index in [1.807, 2.05) is 0 Å². The second-order valence-electron chi connectivity index (χ2n) is 3.90. The molecule has 1 atom stereocenters. The van der Waals surface area contributed by atoms with Gasteiger partial charge < -0.3 is 5.32 Å². The molecule has 7 nitrogen and oxygen atoms in total. The lowest BCUT2D eigenvalue weighted by Gasteiger charge is -2.12. The number of hydrogen-bond acceptors (Lipinski definition) is 4. The molecule has 1 aliphatic heterocycles. The number of carbonyl (C=O) groups excluding carboxylic acids is 2. The highest BCUT2D eigenvalue weighted by Crippen LogP contribution is 2.11. The standard InChI is InChI=1S/C12H8ClN3O4/c13-8-4-1-7(2-5-8)3-6-9-14-11(17)10(16(19)20)12(18)15-9/h1-6,10H,(H,14,15,17,18)/b6-3+. The summed E-state index contributed by atoms with van der Waals surface area (Å²) in [4.78, 5) is 35.8. The summed E-state index contributed by atoms with van der Waals surface area (Å²) in [6, 6.07) is 4.84. The van der Waals surface area contributed by atoms with Gasteiger partial charge in [-0.25, -0.2) is 0 Å². The van der Waals surface area contributed by atoms with Crippen LogP contribution in [0.1, 0.15) is 5.56 Å². The van der Waals surface area contributed by atoms with Gasteiger partial charge in [-0.1, -0.05) is 29.8 Å². The van der Waals surface area contributed by atoms with Gasteiger partial charge in [-0.15, -0.1) is 0 Å². The summed E-state index contributed by atoms with van der Waals surface area (Å²) in [6.45, 7) is 0. The van der Waals surface area contributed by atoms with Crippen molar-refractivity contribution in [3.8, 4) is 0 Å². The Morgan fingerprint density at radius 1 is 1.25 bits per heavy atom. The number of amides is 2. The van der Waals surface area contributed by atoms with Crippen LogP contribution >= 0.6 is 11.6 Å². The lowest BCUT2D eigenvalue weighted by molar-refractivity contribution is -0.493. The molecule has 0 spiro atoms. The first-order valence-electron chi connectivity index (χ1n) is 5.48. The van der Waals surface area contributed by atoms with Crippen LogP contribution in [0.15, 0.2) is 35.3 Å². The predicted octanol–water partition coefficient (Wildman–Crippen LogP) is 1.05. The van der Waals surface area contributed by atoms with Crippen LogP contribution < -0.4 is 5.32 Å². The fraction of sp³-hybridized carbons (Fsp3) is 0.0833. The Hall–Kier alpha value is -2.54. The maximum absolute atomic E-state index is 11.4. The van der Waals surface area contributed by atoms with Gasteiger partial charge in [0.1, 0.15) is 5.84 Å². The van der Waals surface area contributed by atoms with E-state index < -0.39 is 22.8 Å². The van der Waals surface area contributed by atoms with Gasteiger partial charge in [-0.05, 0) is 23.8 Å². The smallest absolute Gasteiger partial charge is 0.304 e. The number of hydrogen-bond donors (Lipinski definition) is 1. The largest absolute Gasteiger partial charge is 0.368 e. The molecule has 1 aliphatic rings. The molecule has 0 saturated carbocycles. The number of aliphatic imine (C=N–C) groups is 1. The summed E-state index contributed by atoms with van der Waals surface area (Å²) >= 11 is 5.73. The highest BCUT2D eigenvalue weighted by atomic mass is 35.5. The Morgan fingerprint density at radius 3 is 2.45 bits per heavy atom. The summed E-state index contributed by atoms with van der Waals surface area (Å²) in [6.07, 6.45) is 2.98. The van der Waals surface area contributed by atoms with Gasteiger partial charge in [0.15, 0.2) is 0 Å². The summed E-state index contributed by atoms with van der Waals surface area (Å²) < 4.78 is 0. The lowest BCUT2D eigenvalue weighted by atomic mass is 10.2. The number of rotatable bonds is 3. The second kappa shape index (κ2) is 5.62. The number of nitrogens with zero attached hydrogens (tertiary/aromatic N) is 2. The molecule has 1 aromatic rings. The van der Waals surface area contributed by atoms with Crippen molar-refractivity contribution in [1.29, 1.82) is 0 Å². The minimum Gasteiger partial charge on any atom is -0.304 e. The van der Waals surface area contributed by atoms with Crippen molar-refractivity contribution in [3.63, 3.8) is 0 Å². The van der Waals surface area contributed by atoms with Gasteiger partial charge in [0, 0.05) is 9.95 Å². The molecule has 0 aliphatic carbocycles. The number of halogens is 1. The Kier molecular flexibility index (Phi) is 3.90. The highest BCUT2D eigenvalue weighted by molar-refractivity contribution is 6.30. The minimum atomic E-state index is -1.97. The summed E-state index contributed by atoms with van der Waals surface area (Å²) in [7, 11) is 0. The maximum atomic E-state index is 11.4. The van der Waals surface area contributed by atoms with Crippen LogP contribution in [0, 0.1) is 10.1 Å². The molecule has 2 rings (SSSR count). The van der Waals surface area contributed by atoms with Crippen LogP contribution in [0.25, 0.3) is 6.08 Å². The van der Waals surface area contributed by atoms with Gasteiger partial charge in [0.2, 0.25) is 0 Å². The molecular weight excluding hydrogens is 286 g/mol. The van der Waals surface area contributed by atoms with Crippen LogP contribution in [0.4, 0.5) is 0 Å². The summed E-state index contributed by atoms with van der Waals surface area (Å²) in [5, 5.41) is 13.3. The quantitative estimate of drug-likeness (QED) is 0.511. The SMILES string of the molecule is O=C1N=C(/C=C/c2ccc(Cl)cc2)NC(=O)C1[N+](=O)[O-]. The fourth-order valence-electron chi connectivity index (χ4n) is 1.53. The van der Waals surface area contributed by atoms with E-state index in [1.165, 1.54) is 6.08 Å². The van der Waals surface area contributed by atoms with E-state index >= 15 is 0 Å². The van der Waals surface area contributed by atoms with Crippen LogP contribution in [0.3, 0.4) is 0 Å². The third-order valence-corrected chi connectivity index (χ3v) is 2.73. The molecule has 0 fully saturated rings. The lowest BCUT2D eigenvalue weighted by Crippen LogP contribution is -2.50. The van der Waals surface area contributed by atoms with Crippen molar-refractivity contribution in [3.05, 3.63) is 51.0 Å². The van der Waals surface area contributed by atoms with Gasteiger partial charge in [0.25, 0.3) is 0 Å². The highest BCUT2D eigenvalue weighted by Gasteiger charge is 2.41. The zero-order valence-corrected chi connectivity index (χ0v) is 10.7. The Labute approximate surface area is 118 Å². The molecular formula is C12H8ClN3O4. The molecule has 0 saturated heterocycles. The Bertz CT molecular complexity index is 637. The molecule has 20 heavy (non-hydrogen) atoms. The normalized spacial score (nSPS) is 18.9. The first-order valence-corrected chi connectivity index (χ1v) is 5.86. The first-order chi connectivity index (χ1) is 9.47. The van der Waals surface area contributed by atoms with Crippen LogP contribution in [0.2, 0.25) is 5.02 Å². The molecule has 0 aromatic heterocycles. The van der Waals surface area contributed by atoms with Gasteiger partial charge in [-0.2, -0.15) is 4.99 Å². The summed E-state index contributed by atoms with van der Waals surface area (Å²) in [5.74, 6) is -2.12. The minimum absolute atomic E-state index is 0.0342. The van der Waals surface area contributed by atoms with Crippen molar-refractivity contribution in [2.75, 3.05) is 0 Å². The van der Waals surface area contributed by atoms with Crippen molar-refractivity contribution < 1.29 is 14.5 Å². The molecule has 1 unspecified atom stereocenters. The van der Waals surface area contributed by atoms with Crippen molar-refractivity contribution in [2.24, 2.45) is 4.99 Å². The van der Waals surface area contributed by atoms with Crippen LogP contribution in [0.5, 0.6) is 0 Å². The average molecular weight is 294 g/mol. The molecule has 1 heterocycles. The van der Waals surface area contributed by atoms with E-state index in [0.717, 1.165) is 5.56 Å². The zero-order chi connectivity index (χ0) is 14.7. The van der Waals surface area contributed by atoms with Crippen molar-refractivity contribution in [2.45, 2.75) is 6.04 Å². The Morgan fingerprint density at radius 2 is 1.90 bits per heavy atom. The molecule has 1 N–H and O–H groups in total. The van der Waals surface area contributed by atoms with Gasteiger partial charge in [-0.3, -0.25) is 19.7 Å². The number of nitro groups is 1. The van der Waals surface area contributed by atoms with Crippen molar-refractivity contribution >= 4 is 35.3 Å². The molecule has 102 valence electrons. The fourth-order valence-corrected chi connectivity index (χ4v) is 1.65. The van der Waals surface area contributed by atoms with E-state index in [0.29, 0.717) is 5.02 Å². The van der Waals surface area contributed by atoms with Crippen LogP contribution in [-0.4, -0.2) is 28.6 Å². The molecule has 0 radical (unpaired) electrons. The second-order valence-corrected chi connectivity index (χ2v) is 4.33. The number of carbonyl (C=O) groups is 2. The van der Waals surface area contributed by atoms with E-state index in [9.17, 15) is 19.7 Å². The van der Waals surface area contributed by atoms with Crippen molar-refractivity contribution in [1.82, 2.24) is 5.32 Å². The monoisotopic (exact) mass is 293 g/mol. The number of amidine groups is 1. The number of nitrogens with one attached hydrogen (secondary N) is 1. The molecule has 1 aromatic carbocycles. The average Bonchev–Trinajstić information content (AvgIpc) is 2.37. The van der Waals surface area contributed by atoms with E-state index in [-0.39, 0.29) is 5.84 Å². The van der Waals surface area contributed by atoms with Gasteiger partial charge >= 0.3 is 17.9 Å². The molecule has 8 heteroatoms. The first kappa shape index (κ1) is 13.9. The van der Waals surface area contributed by atoms with E-state index in [4.69, 9.17) is 11.6 Å².